The van der Waals surface area contributed by atoms with Crippen LogP contribution in [0, 0.1) is 18.3 Å². The van der Waals surface area contributed by atoms with Crippen LogP contribution in [0.2, 0.25) is 0 Å². The number of nitrogens with one attached hydrogen (secondary N) is 1. The van der Waals surface area contributed by atoms with Crippen LogP contribution in [0.25, 0.3) is 0 Å². The molecule has 1 aliphatic rings. The first-order valence-electron chi connectivity index (χ1n) is 9.55. The van der Waals surface area contributed by atoms with E-state index in [9.17, 15) is 5.26 Å². The fraction of sp³-hybridized carbons (Fsp3) is 0.318. The molecule has 0 aliphatic carbocycles. The van der Waals surface area contributed by atoms with Gasteiger partial charge in [0, 0.05) is 24.6 Å². The molecule has 1 aliphatic heterocycles. The van der Waals surface area contributed by atoms with E-state index in [2.05, 4.69) is 33.6 Å². The van der Waals surface area contributed by atoms with Crippen LogP contribution in [0.15, 0.2) is 48.5 Å². The van der Waals surface area contributed by atoms with Crippen molar-refractivity contribution < 1.29 is 4.74 Å². The highest BCUT2D eigenvalue weighted by Gasteiger charge is 2.20. The Labute approximate surface area is 164 Å². The van der Waals surface area contributed by atoms with E-state index in [4.69, 9.17) is 4.74 Å². The molecular formula is C22H23N5O. The van der Waals surface area contributed by atoms with Crippen LogP contribution in [0.1, 0.15) is 34.8 Å². The number of nitrogens with zero attached hydrogens (tertiary/aromatic N) is 4. The van der Waals surface area contributed by atoms with Crippen LogP contribution in [0.4, 0.5) is 0 Å². The minimum atomic E-state index is 0.387. The Bertz CT molecular complexity index is 1000. The Kier molecular flexibility index (Phi) is 5.36. The van der Waals surface area contributed by atoms with Gasteiger partial charge in [0.15, 0.2) is 0 Å². The van der Waals surface area contributed by atoms with Crippen molar-refractivity contribution in [3.05, 3.63) is 76.9 Å². The summed E-state index contributed by atoms with van der Waals surface area (Å²) in [6, 6.07) is 18.2. The number of ether oxygens (including phenoxy) is 1. The van der Waals surface area contributed by atoms with Gasteiger partial charge in [-0.25, -0.2) is 9.67 Å². The van der Waals surface area contributed by atoms with Gasteiger partial charge in [0.1, 0.15) is 24.0 Å². The van der Waals surface area contributed by atoms with Crippen LogP contribution in [0.3, 0.4) is 0 Å². The van der Waals surface area contributed by atoms with Crippen LogP contribution >= 0.6 is 0 Å². The van der Waals surface area contributed by atoms with E-state index in [0.29, 0.717) is 18.2 Å². The fourth-order valence-electron chi connectivity index (χ4n) is 3.52. The maximum absolute atomic E-state index is 9.19. The van der Waals surface area contributed by atoms with Gasteiger partial charge < -0.3 is 10.1 Å². The first kappa shape index (κ1) is 18.2. The average Bonchev–Trinajstić information content (AvgIpc) is 3.10. The van der Waals surface area contributed by atoms with Gasteiger partial charge in [-0.15, -0.1) is 0 Å². The van der Waals surface area contributed by atoms with E-state index in [0.717, 1.165) is 48.9 Å². The molecule has 2 aromatic carbocycles. The van der Waals surface area contributed by atoms with E-state index in [1.54, 1.807) is 0 Å². The topological polar surface area (TPSA) is 75.8 Å². The third-order valence-corrected chi connectivity index (χ3v) is 4.99. The Balaban J connectivity index is 1.33. The van der Waals surface area contributed by atoms with Crippen molar-refractivity contribution in [3.8, 4) is 11.8 Å². The van der Waals surface area contributed by atoms with Gasteiger partial charge in [0.2, 0.25) is 0 Å². The van der Waals surface area contributed by atoms with Crippen LogP contribution < -0.4 is 10.1 Å². The Morgan fingerprint density at radius 3 is 3.04 bits per heavy atom. The summed E-state index contributed by atoms with van der Waals surface area (Å²) in [5.41, 5.74) is 2.72. The summed E-state index contributed by atoms with van der Waals surface area (Å²) in [7, 11) is 0. The zero-order valence-electron chi connectivity index (χ0n) is 15.9. The predicted octanol–water partition coefficient (Wildman–Crippen LogP) is 3.14. The number of benzene rings is 2. The first-order chi connectivity index (χ1) is 13.7. The third-order valence-electron chi connectivity index (χ3n) is 4.99. The van der Waals surface area contributed by atoms with E-state index in [-0.39, 0.29) is 0 Å². The molecule has 0 saturated heterocycles. The Morgan fingerprint density at radius 1 is 1.25 bits per heavy atom. The number of aromatic nitrogens is 3. The van der Waals surface area contributed by atoms with Crippen LogP contribution in [-0.4, -0.2) is 20.8 Å². The molecule has 6 heteroatoms. The summed E-state index contributed by atoms with van der Waals surface area (Å²) in [6.45, 7) is 3.96. The zero-order valence-corrected chi connectivity index (χ0v) is 15.9. The Hall–Kier alpha value is -3.17. The van der Waals surface area contributed by atoms with Crippen molar-refractivity contribution >= 4 is 0 Å². The molecule has 1 aromatic heterocycles. The molecule has 0 saturated carbocycles. The lowest BCUT2D eigenvalue weighted by atomic mass is 10.1. The summed E-state index contributed by atoms with van der Waals surface area (Å²) in [4.78, 5) is 4.46. The van der Waals surface area contributed by atoms with Crippen molar-refractivity contribution in [1.82, 2.24) is 20.1 Å². The summed E-state index contributed by atoms with van der Waals surface area (Å²) in [6.07, 6.45) is 2.03. The third kappa shape index (κ3) is 4.21. The average molecular weight is 373 g/mol. The van der Waals surface area contributed by atoms with Crippen molar-refractivity contribution in [3.63, 3.8) is 0 Å². The van der Waals surface area contributed by atoms with E-state index in [1.165, 1.54) is 5.56 Å². The molecular weight excluding hydrogens is 350 g/mol. The smallest absolute Gasteiger partial charge is 0.147 e. The number of aryl methyl sites for hydroxylation is 2. The highest BCUT2D eigenvalue weighted by atomic mass is 16.5. The van der Waals surface area contributed by atoms with E-state index in [1.807, 2.05) is 48.0 Å². The molecule has 0 bridgehead atoms. The lowest BCUT2D eigenvalue weighted by Crippen LogP contribution is -2.37. The Morgan fingerprint density at radius 2 is 2.14 bits per heavy atom. The van der Waals surface area contributed by atoms with Gasteiger partial charge in [-0.05, 0) is 37.1 Å². The SMILES string of the molecule is Cc1nc2n(n1)CC(NCc1cccc(OCc3ccccc3C#N)c1)CC2. The van der Waals surface area contributed by atoms with Gasteiger partial charge in [0.05, 0.1) is 18.2 Å². The minimum Gasteiger partial charge on any atom is -0.489 e. The number of fused-ring (bicyclic) bond motifs is 1. The second kappa shape index (κ2) is 8.24. The number of hydrogen-bond donors (Lipinski definition) is 1. The standard InChI is InChI=1S/C22H23N5O/c1-16-25-22-10-9-20(14-27(22)26-16)24-13-17-5-4-8-21(11-17)28-15-19-7-3-2-6-18(19)12-23/h2-8,11,20,24H,9-10,13-15H2,1H3. The summed E-state index contributed by atoms with van der Waals surface area (Å²) in [5, 5.41) is 17.3. The molecule has 3 aromatic rings. The molecule has 28 heavy (non-hydrogen) atoms. The second-order valence-electron chi connectivity index (χ2n) is 7.08. The monoisotopic (exact) mass is 373 g/mol. The minimum absolute atomic E-state index is 0.387. The number of hydrogen-bond acceptors (Lipinski definition) is 5. The highest BCUT2D eigenvalue weighted by Crippen LogP contribution is 2.18. The molecule has 0 amide bonds. The highest BCUT2D eigenvalue weighted by molar-refractivity contribution is 5.37. The molecule has 4 rings (SSSR count). The zero-order chi connectivity index (χ0) is 19.3. The van der Waals surface area contributed by atoms with Crippen LogP contribution in [0.5, 0.6) is 5.75 Å². The fourth-order valence-corrected chi connectivity index (χ4v) is 3.52. The molecule has 0 radical (unpaired) electrons. The second-order valence-corrected chi connectivity index (χ2v) is 7.08. The van der Waals surface area contributed by atoms with Gasteiger partial charge in [-0.3, -0.25) is 0 Å². The van der Waals surface area contributed by atoms with E-state index >= 15 is 0 Å². The van der Waals surface area contributed by atoms with Gasteiger partial charge in [-0.1, -0.05) is 30.3 Å². The number of nitriles is 1. The first-order valence-corrected chi connectivity index (χ1v) is 9.55. The number of rotatable bonds is 6. The maximum atomic E-state index is 9.19. The predicted molar refractivity (Wildman–Crippen MR) is 106 cm³/mol. The maximum Gasteiger partial charge on any atom is 0.147 e. The molecule has 1 unspecified atom stereocenters. The van der Waals surface area contributed by atoms with Crippen molar-refractivity contribution in [1.29, 1.82) is 5.26 Å². The lowest BCUT2D eigenvalue weighted by Gasteiger charge is -2.23. The quantitative estimate of drug-likeness (QED) is 0.718. The van der Waals surface area contributed by atoms with Gasteiger partial charge in [-0.2, -0.15) is 10.4 Å². The summed E-state index contributed by atoms with van der Waals surface area (Å²) in [5.74, 6) is 2.74. The molecule has 2 heterocycles. The van der Waals surface area contributed by atoms with Gasteiger partial charge >= 0.3 is 0 Å². The summed E-state index contributed by atoms with van der Waals surface area (Å²) < 4.78 is 7.93. The van der Waals surface area contributed by atoms with Gasteiger partial charge in [0.25, 0.3) is 0 Å². The molecule has 1 N–H and O–H groups in total. The van der Waals surface area contributed by atoms with Crippen molar-refractivity contribution in [2.75, 3.05) is 0 Å². The molecule has 142 valence electrons. The molecule has 1 atom stereocenters. The van der Waals surface area contributed by atoms with Crippen molar-refractivity contribution in [2.24, 2.45) is 0 Å². The molecule has 6 nitrogen and oxygen atoms in total. The molecule has 0 spiro atoms. The lowest BCUT2D eigenvalue weighted by molar-refractivity contribution is 0.305. The van der Waals surface area contributed by atoms with E-state index < -0.39 is 0 Å². The van der Waals surface area contributed by atoms with Crippen LogP contribution in [-0.2, 0) is 26.1 Å². The summed E-state index contributed by atoms with van der Waals surface area (Å²) >= 11 is 0. The largest absolute Gasteiger partial charge is 0.489 e. The van der Waals surface area contributed by atoms with Crippen molar-refractivity contribution in [2.45, 2.75) is 45.5 Å². The normalized spacial score (nSPS) is 15.6. The molecule has 0 fully saturated rings.